The minimum absolute atomic E-state index is 0.121. The molecule has 0 bridgehead atoms. The summed E-state index contributed by atoms with van der Waals surface area (Å²) in [6, 6.07) is 5.75. The Balaban J connectivity index is 2.97. The van der Waals surface area contributed by atoms with Crippen LogP contribution in [0.1, 0.15) is 19.4 Å². The number of benzene rings is 1. The van der Waals surface area contributed by atoms with E-state index in [4.69, 9.17) is 14.6 Å². The summed E-state index contributed by atoms with van der Waals surface area (Å²) in [6.45, 7) is 5.21. The molecule has 0 radical (unpaired) electrons. The lowest BCUT2D eigenvalue weighted by molar-refractivity contribution is 0.275. The number of para-hydroxylation sites is 1. The summed E-state index contributed by atoms with van der Waals surface area (Å²) in [7, 11) is 0. The molecule has 0 aliphatic heterocycles. The number of hydrogen-bond donors (Lipinski definition) is 1. The van der Waals surface area contributed by atoms with Gasteiger partial charge in [-0.15, -0.1) is 0 Å². The van der Waals surface area contributed by atoms with Gasteiger partial charge in [0, 0.05) is 12.2 Å². The molecule has 1 N–H and O–H groups in total. The first-order chi connectivity index (χ1) is 7.33. The average molecular weight is 210 g/mol. The highest BCUT2D eigenvalue weighted by molar-refractivity contribution is 5.46. The molecule has 0 saturated carbocycles. The summed E-state index contributed by atoms with van der Waals surface area (Å²) >= 11 is 0. The van der Waals surface area contributed by atoms with Gasteiger partial charge < -0.3 is 14.6 Å². The van der Waals surface area contributed by atoms with Gasteiger partial charge in [-0.3, -0.25) is 0 Å². The van der Waals surface area contributed by atoms with Gasteiger partial charge in [-0.1, -0.05) is 12.1 Å². The van der Waals surface area contributed by atoms with Gasteiger partial charge in [0.1, 0.15) is 0 Å². The lowest BCUT2D eigenvalue weighted by atomic mass is 10.1. The highest BCUT2D eigenvalue weighted by Crippen LogP contribution is 2.31. The maximum atomic E-state index is 8.94. The topological polar surface area (TPSA) is 38.7 Å². The van der Waals surface area contributed by atoms with Crippen LogP contribution in [0.25, 0.3) is 0 Å². The number of hydrogen-bond acceptors (Lipinski definition) is 3. The standard InChI is InChI=1S/C12H18O3/c1-3-14-11-7-5-6-10(8-9-13)12(11)15-4-2/h5-7,13H,3-4,8-9H2,1-2H3. The number of rotatable bonds is 6. The van der Waals surface area contributed by atoms with Gasteiger partial charge in [-0.05, 0) is 26.3 Å². The predicted octanol–water partition coefficient (Wildman–Crippen LogP) is 2.02. The third kappa shape index (κ3) is 3.13. The van der Waals surface area contributed by atoms with Crippen LogP contribution in [0.3, 0.4) is 0 Å². The monoisotopic (exact) mass is 210 g/mol. The molecular formula is C12H18O3. The molecule has 0 spiro atoms. The molecule has 84 valence electrons. The second-order valence-corrected chi connectivity index (χ2v) is 3.08. The van der Waals surface area contributed by atoms with Crippen molar-refractivity contribution in [3.63, 3.8) is 0 Å². The molecule has 0 aliphatic rings. The smallest absolute Gasteiger partial charge is 0.164 e. The van der Waals surface area contributed by atoms with E-state index in [0.717, 1.165) is 17.1 Å². The number of ether oxygens (including phenoxy) is 2. The van der Waals surface area contributed by atoms with Crippen LogP contribution < -0.4 is 9.47 Å². The van der Waals surface area contributed by atoms with E-state index in [9.17, 15) is 0 Å². The maximum Gasteiger partial charge on any atom is 0.164 e. The molecule has 1 rings (SSSR count). The molecular weight excluding hydrogens is 192 g/mol. The van der Waals surface area contributed by atoms with Crippen LogP contribution in [-0.2, 0) is 6.42 Å². The van der Waals surface area contributed by atoms with E-state index in [0.29, 0.717) is 19.6 Å². The van der Waals surface area contributed by atoms with Crippen molar-refractivity contribution in [1.82, 2.24) is 0 Å². The molecule has 1 aromatic rings. The molecule has 0 aliphatic carbocycles. The van der Waals surface area contributed by atoms with E-state index >= 15 is 0 Å². The number of aliphatic hydroxyl groups is 1. The van der Waals surface area contributed by atoms with E-state index in [2.05, 4.69) is 0 Å². The highest BCUT2D eigenvalue weighted by atomic mass is 16.5. The van der Waals surface area contributed by atoms with Crippen molar-refractivity contribution in [1.29, 1.82) is 0 Å². The minimum atomic E-state index is 0.121. The molecule has 3 nitrogen and oxygen atoms in total. The van der Waals surface area contributed by atoms with E-state index in [-0.39, 0.29) is 6.61 Å². The van der Waals surface area contributed by atoms with Crippen molar-refractivity contribution in [2.45, 2.75) is 20.3 Å². The van der Waals surface area contributed by atoms with Crippen molar-refractivity contribution in [2.24, 2.45) is 0 Å². The van der Waals surface area contributed by atoms with Crippen LogP contribution in [0.5, 0.6) is 11.5 Å². The Labute approximate surface area is 90.6 Å². The van der Waals surface area contributed by atoms with Crippen LogP contribution in [0.4, 0.5) is 0 Å². The molecule has 0 fully saturated rings. The van der Waals surface area contributed by atoms with Gasteiger partial charge in [-0.25, -0.2) is 0 Å². The fourth-order valence-electron chi connectivity index (χ4n) is 1.46. The molecule has 15 heavy (non-hydrogen) atoms. The summed E-state index contributed by atoms with van der Waals surface area (Å²) in [5.41, 5.74) is 0.991. The van der Waals surface area contributed by atoms with Crippen LogP contribution in [0.2, 0.25) is 0 Å². The summed E-state index contributed by atoms with van der Waals surface area (Å²) in [6.07, 6.45) is 0.593. The maximum absolute atomic E-state index is 8.94. The molecule has 0 aromatic heterocycles. The van der Waals surface area contributed by atoms with Gasteiger partial charge in [0.2, 0.25) is 0 Å². The van der Waals surface area contributed by atoms with Crippen LogP contribution in [0.15, 0.2) is 18.2 Å². The fourth-order valence-corrected chi connectivity index (χ4v) is 1.46. The summed E-state index contributed by atoms with van der Waals surface area (Å²) < 4.78 is 11.0. The average Bonchev–Trinajstić information content (AvgIpc) is 2.23. The van der Waals surface area contributed by atoms with Crippen molar-refractivity contribution < 1.29 is 14.6 Å². The zero-order valence-electron chi connectivity index (χ0n) is 9.32. The molecule has 0 heterocycles. The second-order valence-electron chi connectivity index (χ2n) is 3.08. The van der Waals surface area contributed by atoms with Gasteiger partial charge in [0.25, 0.3) is 0 Å². The third-order valence-electron chi connectivity index (χ3n) is 2.03. The van der Waals surface area contributed by atoms with Crippen LogP contribution >= 0.6 is 0 Å². The third-order valence-corrected chi connectivity index (χ3v) is 2.03. The zero-order chi connectivity index (χ0) is 11.1. The van der Waals surface area contributed by atoms with Gasteiger partial charge in [0.05, 0.1) is 13.2 Å². The lowest BCUT2D eigenvalue weighted by Crippen LogP contribution is -2.02. The Morgan fingerprint density at radius 1 is 1.13 bits per heavy atom. The minimum Gasteiger partial charge on any atom is -0.490 e. The first-order valence-corrected chi connectivity index (χ1v) is 5.31. The molecule has 0 unspecified atom stereocenters. The van der Waals surface area contributed by atoms with Crippen LogP contribution in [-0.4, -0.2) is 24.9 Å². The Kier molecular flexibility index (Phi) is 4.98. The van der Waals surface area contributed by atoms with E-state index in [1.54, 1.807) is 0 Å². The molecule has 1 aromatic carbocycles. The van der Waals surface area contributed by atoms with Gasteiger partial charge >= 0.3 is 0 Å². The van der Waals surface area contributed by atoms with Crippen molar-refractivity contribution in [2.75, 3.05) is 19.8 Å². The normalized spacial score (nSPS) is 10.1. The van der Waals surface area contributed by atoms with E-state index in [1.807, 2.05) is 32.0 Å². The number of aliphatic hydroxyl groups excluding tert-OH is 1. The molecule has 3 heteroatoms. The Bertz CT molecular complexity index is 273. The van der Waals surface area contributed by atoms with E-state index in [1.165, 1.54) is 0 Å². The molecule has 0 amide bonds. The van der Waals surface area contributed by atoms with Crippen molar-refractivity contribution in [3.05, 3.63) is 23.8 Å². The highest BCUT2D eigenvalue weighted by Gasteiger charge is 2.09. The van der Waals surface area contributed by atoms with E-state index < -0.39 is 0 Å². The van der Waals surface area contributed by atoms with Crippen molar-refractivity contribution in [3.8, 4) is 11.5 Å². The zero-order valence-corrected chi connectivity index (χ0v) is 9.32. The van der Waals surface area contributed by atoms with Gasteiger partial charge in [0.15, 0.2) is 11.5 Å². The molecule has 0 saturated heterocycles. The molecule has 0 atom stereocenters. The predicted molar refractivity (Wildman–Crippen MR) is 59.6 cm³/mol. The lowest BCUT2D eigenvalue weighted by Gasteiger charge is -2.14. The second kappa shape index (κ2) is 6.30. The quantitative estimate of drug-likeness (QED) is 0.780. The largest absolute Gasteiger partial charge is 0.490 e. The van der Waals surface area contributed by atoms with Crippen molar-refractivity contribution >= 4 is 0 Å². The summed E-state index contributed by atoms with van der Waals surface area (Å²) in [4.78, 5) is 0. The summed E-state index contributed by atoms with van der Waals surface area (Å²) in [5, 5.41) is 8.94. The van der Waals surface area contributed by atoms with Crippen LogP contribution in [0, 0.1) is 0 Å². The Hall–Kier alpha value is -1.22. The van der Waals surface area contributed by atoms with Gasteiger partial charge in [-0.2, -0.15) is 0 Å². The Morgan fingerprint density at radius 3 is 2.47 bits per heavy atom. The Morgan fingerprint density at radius 2 is 1.87 bits per heavy atom. The fraction of sp³-hybridized carbons (Fsp3) is 0.500. The SMILES string of the molecule is CCOc1cccc(CCO)c1OCC. The first kappa shape index (κ1) is 11.9. The summed E-state index contributed by atoms with van der Waals surface area (Å²) in [5.74, 6) is 1.52. The first-order valence-electron chi connectivity index (χ1n) is 5.31.